The maximum Gasteiger partial charge on any atom is 0.498 e. The van der Waals surface area contributed by atoms with Crippen LogP contribution in [0.4, 0.5) is 0 Å². The summed E-state index contributed by atoms with van der Waals surface area (Å²) in [5.74, 6) is 0.699. The molecule has 5 heteroatoms. The summed E-state index contributed by atoms with van der Waals surface area (Å²) < 4.78 is 14.3. The molecular weight excluding hydrogens is 263 g/mol. The Morgan fingerprint density at radius 2 is 1.76 bits per heavy atom. The van der Waals surface area contributed by atoms with Crippen molar-refractivity contribution in [3.8, 4) is 0 Å². The maximum absolute atomic E-state index is 6.10. The Morgan fingerprint density at radius 1 is 1.14 bits per heavy atom. The zero-order valence-corrected chi connectivity index (χ0v) is 13.9. The minimum absolute atomic E-state index is 0.294. The second-order valence-electron chi connectivity index (χ2n) is 7.67. The van der Waals surface area contributed by atoms with Gasteiger partial charge in [-0.1, -0.05) is 19.8 Å². The highest BCUT2D eigenvalue weighted by Gasteiger charge is 2.52. The molecule has 116 valence electrons. The molecule has 1 aromatic heterocycles. The van der Waals surface area contributed by atoms with E-state index in [0.717, 1.165) is 5.46 Å². The van der Waals surface area contributed by atoms with Crippen molar-refractivity contribution >= 4 is 12.6 Å². The molecule has 2 heterocycles. The summed E-state index contributed by atoms with van der Waals surface area (Å²) in [4.78, 5) is 0. The van der Waals surface area contributed by atoms with Gasteiger partial charge in [-0.2, -0.15) is 5.10 Å². The van der Waals surface area contributed by atoms with Gasteiger partial charge in [0.2, 0.25) is 0 Å². The van der Waals surface area contributed by atoms with E-state index in [0.29, 0.717) is 12.0 Å². The number of rotatable bonds is 2. The Hall–Kier alpha value is -0.805. The van der Waals surface area contributed by atoms with Crippen LogP contribution in [0.2, 0.25) is 0 Å². The summed E-state index contributed by atoms with van der Waals surface area (Å²) in [6.07, 6.45) is 9.21. The van der Waals surface area contributed by atoms with Crippen molar-refractivity contribution in [2.24, 2.45) is 5.92 Å². The lowest BCUT2D eigenvalue weighted by Crippen LogP contribution is -2.41. The summed E-state index contributed by atoms with van der Waals surface area (Å²) in [7, 11) is -0.303. The lowest BCUT2D eigenvalue weighted by Gasteiger charge is -2.32. The molecule has 0 spiro atoms. The molecule has 0 amide bonds. The van der Waals surface area contributed by atoms with Gasteiger partial charge in [-0.15, -0.1) is 0 Å². The van der Waals surface area contributed by atoms with Crippen LogP contribution in [-0.2, 0) is 9.31 Å². The molecule has 2 aliphatic rings. The van der Waals surface area contributed by atoms with E-state index < -0.39 is 0 Å². The fraction of sp³-hybridized carbons (Fsp3) is 0.812. The third kappa shape index (κ3) is 2.66. The first-order valence-corrected chi connectivity index (χ1v) is 8.20. The van der Waals surface area contributed by atoms with Gasteiger partial charge in [0.25, 0.3) is 0 Å². The monoisotopic (exact) mass is 290 g/mol. The van der Waals surface area contributed by atoms with Crippen molar-refractivity contribution in [3.63, 3.8) is 0 Å². The lowest BCUT2D eigenvalue weighted by molar-refractivity contribution is 0.00578. The molecule has 0 unspecified atom stereocenters. The van der Waals surface area contributed by atoms with Gasteiger partial charge in [-0.3, -0.25) is 4.68 Å². The third-order valence-corrected chi connectivity index (χ3v) is 5.55. The van der Waals surface area contributed by atoms with Gasteiger partial charge >= 0.3 is 7.12 Å². The van der Waals surface area contributed by atoms with Gasteiger partial charge in [0, 0.05) is 17.9 Å². The highest BCUT2D eigenvalue weighted by atomic mass is 16.7. The van der Waals surface area contributed by atoms with Crippen LogP contribution < -0.4 is 5.46 Å². The van der Waals surface area contributed by atoms with E-state index >= 15 is 0 Å². The van der Waals surface area contributed by atoms with Crippen LogP contribution in [0.3, 0.4) is 0 Å². The molecule has 2 fully saturated rings. The Balaban J connectivity index is 1.77. The second kappa shape index (κ2) is 5.13. The Labute approximate surface area is 128 Å². The van der Waals surface area contributed by atoms with E-state index in [1.165, 1.54) is 25.7 Å². The molecule has 0 aromatic carbocycles. The van der Waals surface area contributed by atoms with Crippen molar-refractivity contribution < 1.29 is 9.31 Å². The number of hydrogen-bond donors (Lipinski definition) is 0. The van der Waals surface area contributed by atoms with Crippen molar-refractivity contribution in [1.29, 1.82) is 0 Å². The number of nitrogens with zero attached hydrogens (tertiary/aromatic N) is 2. The van der Waals surface area contributed by atoms with E-state index in [-0.39, 0.29) is 18.3 Å². The molecule has 0 N–H and O–H groups in total. The van der Waals surface area contributed by atoms with Crippen LogP contribution in [-0.4, -0.2) is 28.1 Å². The standard InChI is InChI=1S/C16H27BN2O2/c1-12-8-6-7-9-14(12)19-11-13(10-18-19)17-20-15(2,3)16(4,5)21-17/h10-12,14H,6-9H2,1-5H3/t12-,14-/m0/s1. The molecule has 1 aliphatic carbocycles. The Morgan fingerprint density at radius 3 is 2.38 bits per heavy atom. The summed E-state index contributed by atoms with van der Waals surface area (Å²) in [6.45, 7) is 10.7. The second-order valence-corrected chi connectivity index (χ2v) is 7.67. The van der Waals surface area contributed by atoms with E-state index in [1.54, 1.807) is 0 Å². The lowest BCUT2D eigenvalue weighted by atomic mass is 9.81. The largest absolute Gasteiger partial charge is 0.498 e. The van der Waals surface area contributed by atoms with Crippen LogP contribution in [0.5, 0.6) is 0 Å². The van der Waals surface area contributed by atoms with E-state index in [9.17, 15) is 0 Å². The predicted molar refractivity (Wildman–Crippen MR) is 84.6 cm³/mol. The average Bonchev–Trinajstić information content (AvgIpc) is 2.94. The van der Waals surface area contributed by atoms with Gasteiger partial charge in [0.05, 0.1) is 17.2 Å². The quantitative estimate of drug-likeness (QED) is 0.786. The summed E-state index contributed by atoms with van der Waals surface area (Å²) in [5.41, 5.74) is 0.446. The molecule has 0 radical (unpaired) electrons. The van der Waals surface area contributed by atoms with Gasteiger partial charge in [0.1, 0.15) is 0 Å². The number of aromatic nitrogens is 2. The van der Waals surface area contributed by atoms with Crippen molar-refractivity contribution in [2.75, 3.05) is 0 Å². The van der Waals surface area contributed by atoms with E-state index in [2.05, 4.69) is 50.6 Å². The highest BCUT2D eigenvalue weighted by molar-refractivity contribution is 6.61. The molecule has 1 saturated heterocycles. The molecule has 21 heavy (non-hydrogen) atoms. The summed E-state index contributed by atoms with van der Waals surface area (Å²) >= 11 is 0. The highest BCUT2D eigenvalue weighted by Crippen LogP contribution is 2.37. The maximum atomic E-state index is 6.10. The molecule has 1 aromatic rings. The van der Waals surface area contributed by atoms with Crippen LogP contribution in [0.15, 0.2) is 12.4 Å². The summed E-state index contributed by atoms with van der Waals surface area (Å²) in [6, 6.07) is 0.523. The smallest absolute Gasteiger partial charge is 0.399 e. The Kier molecular flexibility index (Phi) is 3.69. The molecule has 3 rings (SSSR count). The molecule has 2 atom stereocenters. The first-order valence-electron chi connectivity index (χ1n) is 8.20. The molecule has 4 nitrogen and oxygen atoms in total. The van der Waals surface area contributed by atoms with Crippen LogP contribution in [0, 0.1) is 5.92 Å². The van der Waals surface area contributed by atoms with Crippen molar-refractivity contribution in [3.05, 3.63) is 12.4 Å². The van der Waals surface area contributed by atoms with Gasteiger partial charge in [-0.05, 0) is 46.5 Å². The fourth-order valence-corrected chi connectivity index (χ4v) is 3.32. The third-order valence-electron chi connectivity index (χ3n) is 5.55. The molecule has 0 bridgehead atoms. The normalized spacial score (nSPS) is 31.6. The van der Waals surface area contributed by atoms with E-state index in [1.807, 2.05) is 6.20 Å². The van der Waals surface area contributed by atoms with Crippen LogP contribution in [0.25, 0.3) is 0 Å². The number of hydrogen-bond acceptors (Lipinski definition) is 3. The van der Waals surface area contributed by atoms with Crippen LogP contribution >= 0.6 is 0 Å². The molecule has 1 saturated carbocycles. The zero-order chi connectivity index (χ0) is 15.3. The van der Waals surface area contributed by atoms with Gasteiger partial charge in [0.15, 0.2) is 0 Å². The summed E-state index contributed by atoms with van der Waals surface area (Å²) in [5, 5.41) is 4.59. The predicted octanol–water partition coefficient (Wildman–Crippen LogP) is 2.93. The minimum atomic E-state index is -0.303. The van der Waals surface area contributed by atoms with Crippen LogP contribution in [0.1, 0.15) is 66.3 Å². The molecular formula is C16H27BN2O2. The van der Waals surface area contributed by atoms with Gasteiger partial charge in [-0.25, -0.2) is 0 Å². The fourth-order valence-electron chi connectivity index (χ4n) is 3.32. The van der Waals surface area contributed by atoms with Crippen molar-refractivity contribution in [1.82, 2.24) is 9.78 Å². The first-order chi connectivity index (χ1) is 9.80. The molecule has 1 aliphatic heterocycles. The zero-order valence-electron chi connectivity index (χ0n) is 13.9. The van der Waals surface area contributed by atoms with Crippen molar-refractivity contribution in [2.45, 2.75) is 77.5 Å². The Bertz CT molecular complexity index is 496. The van der Waals surface area contributed by atoms with Gasteiger partial charge < -0.3 is 9.31 Å². The first kappa shape index (κ1) is 15.1. The SMILES string of the molecule is C[C@H]1CCCC[C@@H]1n1cc(B2OC(C)(C)C(C)(C)O2)cn1. The minimum Gasteiger partial charge on any atom is -0.399 e. The average molecular weight is 290 g/mol. The topological polar surface area (TPSA) is 36.3 Å². The van der Waals surface area contributed by atoms with E-state index in [4.69, 9.17) is 9.31 Å².